The minimum Gasteiger partial charge on any atom is -0.373 e. The Labute approximate surface area is 79.8 Å². The molecule has 13 heavy (non-hydrogen) atoms. The number of ether oxygens (including phenoxy) is 1. The molecule has 0 aromatic carbocycles. The van der Waals surface area contributed by atoms with Crippen molar-refractivity contribution in [2.24, 2.45) is 5.92 Å². The van der Waals surface area contributed by atoms with E-state index in [-0.39, 0.29) is 18.0 Å². The van der Waals surface area contributed by atoms with Crippen molar-refractivity contribution in [3.8, 4) is 0 Å². The average molecular weight is 204 g/mol. The van der Waals surface area contributed by atoms with Crippen LogP contribution in [-0.2, 0) is 19.0 Å². The van der Waals surface area contributed by atoms with Crippen molar-refractivity contribution in [2.75, 3.05) is 6.61 Å². The van der Waals surface area contributed by atoms with Crippen molar-refractivity contribution in [1.29, 1.82) is 0 Å². The number of epoxide rings is 1. The monoisotopic (exact) mass is 204 g/mol. The maximum Gasteiger partial charge on any atom is 0.343 e. The summed E-state index contributed by atoms with van der Waals surface area (Å²) in [5, 5.41) is 0. The van der Waals surface area contributed by atoms with Gasteiger partial charge in [-0.25, -0.2) is 9.37 Å². The molecular weight excluding hydrogens is 188 g/mol. The molecule has 1 fully saturated rings. The Morgan fingerprint density at radius 2 is 2.31 bits per heavy atom. The molecule has 0 bridgehead atoms. The number of hydrogen-bond acceptors (Lipinski definition) is 4. The van der Waals surface area contributed by atoms with E-state index in [1.807, 2.05) is 20.0 Å². The van der Waals surface area contributed by atoms with Gasteiger partial charge in [0, 0.05) is 0 Å². The van der Waals surface area contributed by atoms with Gasteiger partial charge in [0.25, 0.3) is 0 Å². The van der Waals surface area contributed by atoms with Gasteiger partial charge in [0.15, 0.2) is 0 Å². The van der Waals surface area contributed by atoms with Crippen LogP contribution >= 0.6 is 0 Å². The van der Waals surface area contributed by atoms with Crippen molar-refractivity contribution in [3.05, 3.63) is 0 Å². The first kappa shape index (κ1) is 10.7. The zero-order chi connectivity index (χ0) is 9.84. The van der Waals surface area contributed by atoms with E-state index in [9.17, 15) is 4.79 Å². The third-order valence-corrected chi connectivity index (χ3v) is 2.23. The van der Waals surface area contributed by atoms with Gasteiger partial charge in [0.2, 0.25) is 9.04 Å². The van der Waals surface area contributed by atoms with E-state index < -0.39 is 9.04 Å². The minimum atomic E-state index is -1.26. The molecule has 1 rings (SSSR count). The Morgan fingerprint density at radius 3 is 2.77 bits per heavy atom. The molecule has 0 spiro atoms. The molecule has 2 atom stereocenters. The van der Waals surface area contributed by atoms with Crippen molar-refractivity contribution in [2.45, 2.75) is 32.5 Å². The Balaban J connectivity index is 2.13. The van der Waals surface area contributed by atoms with E-state index in [4.69, 9.17) is 9.31 Å². The molecule has 0 aromatic heterocycles. The van der Waals surface area contributed by atoms with Crippen LogP contribution in [0.2, 0.25) is 13.1 Å². The molecule has 2 unspecified atom stereocenters. The zero-order valence-corrected chi connectivity index (χ0v) is 9.43. The summed E-state index contributed by atoms with van der Waals surface area (Å²) in [5.74, 6) is -0.406. The maximum absolute atomic E-state index is 11.2. The van der Waals surface area contributed by atoms with Gasteiger partial charge in [0.1, 0.15) is 0 Å². The number of carbonyl (C=O) groups is 1. The van der Waals surface area contributed by atoms with E-state index in [0.29, 0.717) is 0 Å². The molecule has 1 aliphatic rings. The fourth-order valence-corrected chi connectivity index (χ4v) is 1.21. The zero-order valence-electron chi connectivity index (χ0n) is 8.28. The molecule has 0 aromatic rings. The molecule has 0 N–H and O–H groups in total. The topological polar surface area (TPSA) is 48.1 Å². The molecule has 1 aliphatic heterocycles. The van der Waals surface area contributed by atoms with Crippen molar-refractivity contribution >= 4 is 15.0 Å². The molecule has 76 valence electrons. The highest BCUT2D eigenvalue weighted by Crippen LogP contribution is 2.20. The van der Waals surface area contributed by atoms with Crippen molar-refractivity contribution in [1.82, 2.24) is 0 Å². The van der Waals surface area contributed by atoms with Crippen LogP contribution in [-0.4, -0.2) is 27.7 Å². The van der Waals surface area contributed by atoms with Crippen LogP contribution in [0.5, 0.6) is 0 Å². The standard InChI is InChI=1S/C8H16O4Si/c1-6(4-7-5-10-7)8(9)11-12-13(2)3/h6-7,13H,4-5H2,1-3H3. The van der Waals surface area contributed by atoms with E-state index in [0.717, 1.165) is 13.0 Å². The lowest BCUT2D eigenvalue weighted by molar-refractivity contribution is -0.221. The summed E-state index contributed by atoms with van der Waals surface area (Å²) in [6.07, 6.45) is 1.00. The van der Waals surface area contributed by atoms with Crippen LogP contribution in [0.3, 0.4) is 0 Å². The van der Waals surface area contributed by atoms with Crippen LogP contribution in [0, 0.1) is 5.92 Å². The highest BCUT2D eigenvalue weighted by molar-refractivity contribution is 6.48. The van der Waals surface area contributed by atoms with Gasteiger partial charge in [-0.2, -0.15) is 0 Å². The summed E-state index contributed by atoms with van der Waals surface area (Å²) in [6.45, 7) is 6.50. The minimum absolute atomic E-state index is 0.125. The summed E-state index contributed by atoms with van der Waals surface area (Å²) in [5.41, 5.74) is 0. The van der Waals surface area contributed by atoms with Crippen LogP contribution < -0.4 is 0 Å². The molecule has 0 saturated carbocycles. The summed E-state index contributed by atoms with van der Waals surface area (Å²) in [4.78, 5) is 15.9. The quantitative estimate of drug-likeness (QED) is 0.288. The normalized spacial score (nSPS) is 22.9. The first-order valence-electron chi connectivity index (χ1n) is 4.58. The molecule has 4 nitrogen and oxygen atoms in total. The first-order chi connectivity index (χ1) is 6.09. The third-order valence-electron chi connectivity index (χ3n) is 1.74. The predicted molar refractivity (Wildman–Crippen MR) is 49.6 cm³/mol. The molecule has 0 aliphatic carbocycles. The van der Waals surface area contributed by atoms with E-state index in [1.165, 1.54) is 0 Å². The number of carbonyl (C=O) groups excluding carboxylic acids is 1. The molecule has 5 heteroatoms. The highest BCUT2D eigenvalue weighted by Gasteiger charge is 2.29. The lowest BCUT2D eigenvalue weighted by atomic mass is 10.1. The Morgan fingerprint density at radius 1 is 1.69 bits per heavy atom. The lowest BCUT2D eigenvalue weighted by Crippen LogP contribution is -2.20. The maximum atomic E-state index is 11.2. The van der Waals surface area contributed by atoms with Crippen LogP contribution in [0.25, 0.3) is 0 Å². The van der Waals surface area contributed by atoms with E-state index >= 15 is 0 Å². The molecular formula is C8H16O4Si. The smallest absolute Gasteiger partial charge is 0.343 e. The molecule has 0 radical (unpaired) electrons. The Bertz CT molecular complexity index is 179. The van der Waals surface area contributed by atoms with Gasteiger partial charge >= 0.3 is 5.97 Å². The Hall–Kier alpha value is -0.393. The van der Waals surface area contributed by atoms with Crippen LogP contribution in [0.1, 0.15) is 13.3 Å². The number of rotatable bonds is 5. The predicted octanol–water partition coefficient (Wildman–Crippen LogP) is 0.870. The summed E-state index contributed by atoms with van der Waals surface area (Å²) in [6, 6.07) is 0. The summed E-state index contributed by atoms with van der Waals surface area (Å²) in [7, 11) is -1.26. The second-order valence-electron chi connectivity index (χ2n) is 3.64. The molecule has 1 saturated heterocycles. The van der Waals surface area contributed by atoms with E-state index in [2.05, 4.69) is 4.89 Å². The second kappa shape index (κ2) is 4.73. The van der Waals surface area contributed by atoms with E-state index in [1.54, 1.807) is 0 Å². The fourth-order valence-electron chi connectivity index (χ4n) is 0.920. The van der Waals surface area contributed by atoms with Crippen LogP contribution in [0.15, 0.2) is 0 Å². The van der Waals surface area contributed by atoms with Crippen molar-refractivity contribution in [3.63, 3.8) is 0 Å². The number of hydrogen-bond donors (Lipinski definition) is 0. The molecule has 1 heterocycles. The van der Waals surface area contributed by atoms with Gasteiger partial charge in [-0.1, -0.05) is 6.92 Å². The summed E-state index contributed by atoms with van der Waals surface area (Å²) >= 11 is 0. The average Bonchev–Trinajstić information content (AvgIpc) is 2.83. The largest absolute Gasteiger partial charge is 0.373 e. The molecule has 0 amide bonds. The van der Waals surface area contributed by atoms with Gasteiger partial charge in [0.05, 0.1) is 18.6 Å². The van der Waals surface area contributed by atoms with Gasteiger partial charge < -0.3 is 9.62 Å². The third kappa shape index (κ3) is 4.40. The van der Waals surface area contributed by atoms with Gasteiger partial charge in [-0.15, -0.1) is 0 Å². The van der Waals surface area contributed by atoms with Crippen LogP contribution in [0.4, 0.5) is 0 Å². The summed E-state index contributed by atoms with van der Waals surface area (Å²) < 4.78 is 9.89. The highest BCUT2D eigenvalue weighted by atomic mass is 28.3. The van der Waals surface area contributed by atoms with Gasteiger partial charge in [-0.05, 0) is 19.5 Å². The SMILES string of the molecule is CC(CC1CO1)C(=O)OO[SiH](C)C. The lowest BCUT2D eigenvalue weighted by Gasteiger charge is -2.09. The Kier molecular flexibility index (Phi) is 3.89. The first-order valence-corrected chi connectivity index (χ1v) is 7.36. The van der Waals surface area contributed by atoms with Crippen molar-refractivity contribution < 1.29 is 19.0 Å². The van der Waals surface area contributed by atoms with Gasteiger partial charge in [-0.3, -0.25) is 0 Å². The fraction of sp³-hybridized carbons (Fsp3) is 0.875. The second-order valence-corrected chi connectivity index (χ2v) is 5.93.